The van der Waals surface area contributed by atoms with Crippen LogP contribution in [0.3, 0.4) is 0 Å². The van der Waals surface area contributed by atoms with E-state index < -0.39 is 34.0 Å². The molecule has 27 heavy (non-hydrogen) atoms. The molecule has 1 aromatic rings. The van der Waals surface area contributed by atoms with Gasteiger partial charge in [-0.3, -0.25) is 10.1 Å². The Morgan fingerprint density at radius 3 is 2.52 bits per heavy atom. The quantitative estimate of drug-likeness (QED) is 0.687. The van der Waals surface area contributed by atoms with Crippen molar-refractivity contribution in [3.05, 3.63) is 29.8 Å². The van der Waals surface area contributed by atoms with Crippen molar-refractivity contribution in [2.75, 3.05) is 19.6 Å². The number of rotatable bonds is 6. The third kappa shape index (κ3) is 5.27. The van der Waals surface area contributed by atoms with Gasteiger partial charge in [-0.2, -0.15) is 4.31 Å². The van der Waals surface area contributed by atoms with E-state index in [-0.39, 0.29) is 10.5 Å². The van der Waals surface area contributed by atoms with E-state index in [1.807, 2.05) is 5.32 Å². The number of nitrogens with one attached hydrogen (secondary N) is 2. The number of ether oxygens (including phenoxy) is 1. The van der Waals surface area contributed by atoms with Crippen LogP contribution in [-0.4, -0.2) is 56.4 Å². The Morgan fingerprint density at radius 1 is 1.22 bits per heavy atom. The fraction of sp³-hybridized carbons (Fsp3) is 0.471. The lowest BCUT2D eigenvalue weighted by Crippen LogP contribution is -2.44. The smallest absolute Gasteiger partial charge is 0.338 e. The van der Waals surface area contributed by atoms with Gasteiger partial charge in [0.25, 0.3) is 5.91 Å². The van der Waals surface area contributed by atoms with Crippen LogP contribution in [0.4, 0.5) is 4.79 Å². The largest absolute Gasteiger partial charge is 0.449 e. The second kappa shape index (κ2) is 8.96. The van der Waals surface area contributed by atoms with Gasteiger partial charge in [-0.15, -0.1) is 0 Å². The van der Waals surface area contributed by atoms with Crippen molar-refractivity contribution in [3.63, 3.8) is 0 Å². The van der Waals surface area contributed by atoms with Gasteiger partial charge in [-0.1, -0.05) is 6.07 Å². The fourth-order valence-electron chi connectivity index (χ4n) is 2.56. The molecule has 10 heteroatoms. The molecule has 0 aliphatic carbocycles. The first-order chi connectivity index (χ1) is 12.8. The van der Waals surface area contributed by atoms with Gasteiger partial charge < -0.3 is 10.1 Å². The molecule has 0 radical (unpaired) electrons. The van der Waals surface area contributed by atoms with Crippen molar-refractivity contribution in [1.29, 1.82) is 0 Å². The SMILES string of the molecule is CCNC(=O)NC(=O)C(C)OC(=O)c1cccc(S(=O)(=O)N2CCCC2)c1. The number of hydrogen-bond acceptors (Lipinski definition) is 6. The Balaban J connectivity index is 2.06. The molecule has 1 aromatic carbocycles. The highest BCUT2D eigenvalue weighted by atomic mass is 32.2. The van der Waals surface area contributed by atoms with Gasteiger partial charge >= 0.3 is 12.0 Å². The maximum Gasteiger partial charge on any atom is 0.338 e. The summed E-state index contributed by atoms with van der Waals surface area (Å²) in [6.07, 6.45) is 0.386. The second-order valence-electron chi connectivity index (χ2n) is 6.04. The van der Waals surface area contributed by atoms with Gasteiger partial charge in [-0.25, -0.2) is 18.0 Å². The Hall–Kier alpha value is -2.46. The number of carbonyl (C=O) groups excluding carboxylic acids is 3. The molecule has 148 valence electrons. The van der Waals surface area contributed by atoms with Gasteiger partial charge in [0.2, 0.25) is 10.0 Å². The van der Waals surface area contributed by atoms with Gasteiger partial charge in [0.05, 0.1) is 10.5 Å². The first kappa shape index (κ1) is 20.8. The van der Waals surface area contributed by atoms with E-state index in [0.29, 0.717) is 19.6 Å². The number of esters is 1. The number of imide groups is 1. The summed E-state index contributed by atoms with van der Waals surface area (Å²) in [4.78, 5) is 35.4. The highest BCUT2D eigenvalue weighted by molar-refractivity contribution is 7.89. The normalized spacial score (nSPS) is 15.8. The third-order valence-corrected chi connectivity index (χ3v) is 5.89. The van der Waals surface area contributed by atoms with Crippen LogP contribution >= 0.6 is 0 Å². The zero-order valence-electron chi connectivity index (χ0n) is 15.2. The van der Waals surface area contributed by atoms with E-state index in [9.17, 15) is 22.8 Å². The van der Waals surface area contributed by atoms with Crippen LogP contribution < -0.4 is 10.6 Å². The molecular weight excluding hydrogens is 374 g/mol. The molecule has 0 spiro atoms. The summed E-state index contributed by atoms with van der Waals surface area (Å²) in [5, 5.41) is 4.43. The lowest BCUT2D eigenvalue weighted by Gasteiger charge is -2.16. The molecule has 1 heterocycles. The van der Waals surface area contributed by atoms with Crippen molar-refractivity contribution in [2.45, 2.75) is 37.7 Å². The Morgan fingerprint density at radius 2 is 1.89 bits per heavy atom. The minimum absolute atomic E-state index is 0.00159. The highest BCUT2D eigenvalue weighted by Crippen LogP contribution is 2.22. The highest BCUT2D eigenvalue weighted by Gasteiger charge is 2.28. The Bertz CT molecular complexity index is 818. The standard InChI is InChI=1S/C17H23N3O6S/c1-3-18-17(23)19-15(21)12(2)26-16(22)13-7-6-8-14(11-13)27(24,25)20-9-4-5-10-20/h6-8,11-12H,3-5,9-10H2,1-2H3,(H2,18,19,21,23). The molecule has 1 unspecified atom stereocenters. The number of carbonyl (C=O) groups is 3. The van der Waals surface area contributed by atoms with E-state index in [1.165, 1.54) is 35.5 Å². The van der Waals surface area contributed by atoms with Crippen LogP contribution in [-0.2, 0) is 19.6 Å². The summed E-state index contributed by atoms with van der Waals surface area (Å²) in [7, 11) is -3.67. The van der Waals surface area contributed by atoms with Gasteiger partial charge in [0.15, 0.2) is 6.10 Å². The van der Waals surface area contributed by atoms with E-state index >= 15 is 0 Å². The summed E-state index contributed by atoms with van der Waals surface area (Å²) in [5.74, 6) is -1.64. The number of amides is 3. The van der Waals surface area contributed by atoms with Crippen LogP contribution in [0, 0.1) is 0 Å². The van der Waals surface area contributed by atoms with E-state index in [0.717, 1.165) is 12.8 Å². The predicted molar refractivity (Wildman–Crippen MR) is 96.5 cm³/mol. The molecule has 1 aliphatic rings. The molecule has 9 nitrogen and oxygen atoms in total. The van der Waals surface area contributed by atoms with Crippen molar-refractivity contribution in [2.24, 2.45) is 0 Å². The summed E-state index contributed by atoms with van der Waals surface area (Å²) < 4.78 is 31.6. The predicted octanol–water partition coefficient (Wildman–Crippen LogP) is 0.862. The minimum atomic E-state index is -3.67. The van der Waals surface area contributed by atoms with Crippen molar-refractivity contribution >= 4 is 27.9 Å². The lowest BCUT2D eigenvalue weighted by molar-refractivity contribution is -0.127. The molecule has 0 saturated carbocycles. The Kier molecular flexibility index (Phi) is 6.92. The lowest BCUT2D eigenvalue weighted by atomic mass is 10.2. The molecule has 1 aliphatic heterocycles. The summed E-state index contributed by atoms with van der Waals surface area (Å²) >= 11 is 0. The van der Waals surface area contributed by atoms with Gasteiger partial charge in [0.1, 0.15) is 0 Å². The van der Waals surface area contributed by atoms with Crippen LogP contribution in [0.1, 0.15) is 37.0 Å². The number of urea groups is 1. The molecule has 1 saturated heterocycles. The van der Waals surface area contributed by atoms with E-state index in [1.54, 1.807) is 6.92 Å². The third-order valence-electron chi connectivity index (χ3n) is 4.00. The summed E-state index contributed by atoms with van der Waals surface area (Å²) in [5.41, 5.74) is 0.00734. The maximum atomic E-state index is 12.6. The molecule has 1 fully saturated rings. The molecule has 1 atom stereocenters. The van der Waals surface area contributed by atoms with Gasteiger partial charge in [0, 0.05) is 19.6 Å². The van der Waals surface area contributed by atoms with Crippen molar-refractivity contribution in [3.8, 4) is 0 Å². The average molecular weight is 397 g/mol. The van der Waals surface area contributed by atoms with Crippen LogP contribution in [0.5, 0.6) is 0 Å². The van der Waals surface area contributed by atoms with Crippen LogP contribution in [0.25, 0.3) is 0 Å². The maximum absolute atomic E-state index is 12.6. The summed E-state index contributed by atoms with van der Waals surface area (Å²) in [6, 6.07) is 4.79. The molecule has 0 aromatic heterocycles. The van der Waals surface area contributed by atoms with Crippen molar-refractivity contribution in [1.82, 2.24) is 14.9 Å². The summed E-state index contributed by atoms with van der Waals surface area (Å²) in [6.45, 7) is 4.25. The molecule has 0 bridgehead atoms. The first-order valence-electron chi connectivity index (χ1n) is 8.65. The molecule has 2 N–H and O–H groups in total. The van der Waals surface area contributed by atoms with E-state index in [2.05, 4.69) is 5.32 Å². The molecule has 3 amide bonds. The molecular formula is C17H23N3O6S. The van der Waals surface area contributed by atoms with Crippen LogP contribution in [0.2, 0.25) is 0 Å². The topological polar surface area (TPSA) is 122 Å². The number of hydrogen-bond donors (Lipinski definition) is 2. The zero-order valence-corrected chi connectivity index (χ0v) is 16.0. The average Bonchev–Trinajstić information content (AvgIpc) is 3.17. The Labute approximate surface area is 158 Å². The number of nitrogens with zero attached hydrogens (tertiary/aromatic N) is 1. The monoisotopic (exact) mass is 397 g/mol. The zero-order chi connectivity index (χ0) is 20.0. The number of sulfonamides is 1. The number of benzene rings is 1. The van der Waals surface area contributed by atoms with Crippen molar-refractivity contribution < 1.29 is 27.5 Å². The first-order valence-corrected chi connectivity index (χ1v) is 10.1. The van der Waals surface area contributed by atoms with E-state index in [4.69, 9.17) is 4.74 Å². The second-order valence-corrected chi connectivity index (χ2v) is 7.97. The fourth-order valence-corrected chi connectivity index (χ4v) is 4.12. The van der Waals surface area contributed by atoms with Gasteiger partial charge in [-0.05, 0) is 44.9 Å². The minimum Gasteiger partial charge on any atom is -0.449 e. The molecule has 2 rings (SSSR count). The van der Waals surface area contributed by atoms with Crippen LogP contribution in [0.15, 0.2) is 29.2 Å².